The summed E-state index contributed by atoms with van der Waals surface area (Å²) in [5.74, 6) is -0.571. The molecule has 0 fully saturated rings. The number of hydrogen-bond acceptors (Lipinski definition) is 4. The highest BCUT2D eigenvalue weighted by atomic mass is 35.5. The summed E-state index contributed by atoms with van der Waals surface area (Å²) in [7, 11) is 0. The summed E-state index contributed by atoms with van der Waals surface area (Å²) in [6.45, 7) is 1.86. The minimum atomic E-state index is -0.749. The Kier molecular flexibility index (Phi) is 4.59. The first kappa shape index (κ1) is 13.1. The highest BCUT2D eigenvalue weighted by molar-refractivity contribution is 6.31. The lowest BCUT2D eigenvalue weighted by Crippen LogP contribution is -2.42. The van der Waals surface area contributed by atoms with E-state index in [9.17, 15) is 9.59 Å². The van der Waals surface area contributed by atoms with Gasteiger partial charge in [-0.15, -0.1) is 0 Å². The zero-order chi connectivity index (χ0) is 12.8. The highest BCUT2D eigenvalue weighted by Crippen LogP contribution is 2.17. The second-order valence-corrected chi connectivity index (χ2v) is 3.47. The fourth-order valence-corrected chi connectivity index (χ4v) is 1.24. The maximum atomic E-state index is 11.6. The normalized spacial score (nSPS) is 9.53. The van der Waals surface area contributed by atoms with Crippen molar-refractivity contribution < 1.29 is 14.3 Å². The Hall–Kier alpha value is -1.95. The molecule has 0 bridgehead atoms. The molecule has 0 unspecified atom stereocenters. The van der Waals surface area contributed by atoms with E-state index in [0.717, 1.165) is 0 Å². The molecule has 0 aliphatic rings. The molecule has 1 aromatic rings. The van der Waals surface area contributed by atoms with Crippen LogP contribution in [0.2, 0.25) is 5.02 Å². The summed E-state index contributed by atoms with van der Waals surface area (Å²) in [5, 5.41) is 0.375. The molecule has 0 heterocycles. The fraction of sp³-hybridized carbons (Fsp3) is 0.200. The number of anilines is 1. The van der Waals surface area contributed by atoms with Crippen molar-refractivity contribution in [1.29, 1.82) is 0 Å². The average molecular weight is 258 g/mol. The van der Waals surface area contributed by atoms with E-state index < -0.39 is 12.0 Å². The molecule has 6 nitrogen and oxygen atoms in total. The van der Waals surface area contributed by atoms with Gasteiger partial charge in [-0.05, 0) is 25.1 Å². The molecule has 1 aromatic carbocycles. The van der Waals surface area contributed by atoms with E-state index in [2.05, 4.69) is 15.6 Å². The molecule has 2 amide bonds. The molecule has 0 saturated heterocycles. The van der Waals surface area contributed by atoms with Crippen LogP contribution in [0.4, 0.5) is 10.5 Å². The van der Waals surface area contributed by atoms with E-state index in [1.165, 1.54) is 12.1 Å². The third-order valence-corrected chi connectivity index (χ3v) is 2.05. The lowest BCUT2D eigenvalue weighted by Gasteiger charge is -2.08. The molecule has 0 aromatic heterocycles. The maximum Gasteiger partial charge on any atom is 0.426 e. The Morgan fingerprint density at radius 3 is 2.76 bits per heavy atom. The molecule has 0 radical (unpaired) electrons. The average Bonchev–Trinajstić information content (AvgIpc) is 2.29. The van der Waals surface area contributed by atoms with Crippen LogP contribution in [0.5, 0.6) is 0 Å². The Bertz CT molecular complexity index is 437. The predicted molar refractivity (Wildman–Crippen MR) is 63.5 cm³/mol. The van der Waals surface area contributed by atoms with Gasteiger partial charge in [0.1, 0.15) is 0 Å². The van der Waals surface area contributed by atoms with Gasteiger partial charge in [-0.2, -0.15) is 0 Å². The van der Waals surface area contributed by atoms with Crippen molar-refractivity contribution in [2.75, 3.05) is 12.3 Å². The fourth-order valence-electron chi connectivity index (χ4n) is 1.07. The number of halogens is 1. The van der Waals surface area contributed by atoms with Gasteiger partial charge in [-0.25, -0.2) is 10.2 Å². The van der Waals surface area contributed by atoms with E-state index in [-0.39, 0.29) is 17.9 Å². The Balaban J connectivity index is 2.64. The van der Waals surface area contributed by atoms with Crippen LogP contribution in [0.25, 0.3) is 0 Å². The van der Waals surface area contributed by atoms with Crippen LogP contribution in [0.15, 0.2) is 18.2 Å². The van der Waals surface area contributed by atoms with Gasteiger partial charge in [0, 0.05) is 10.7 Å². The second kappa shape index (κ2) is 5.95. The molecular weight excluding hydrogens is 246 g/mol. The van der Waals surface area contributed by atoms with Crippen molar-refractivity contribution in [3.05, 3.63) is 28.8 Å². The number of nitrogen functional groups attached to an aromatic ring is 1. The summed E-state index contributed by atoms with van der Waals surface area (Å²) in [6.07, 6.45) is -0.749. The first-order chi connectivity index (χ1) is 8.04. The number of hydrazine groups is 1. The van der Waals surface area contributed by atoms with Crippen LogP contribution < -0.4 is 16.6 Å². The summed E-state index contributed by atoms with van der Waals surface area (Å²) in [5.41, 5.74) is 10.2. The third kappa shape index (κ3) is 3.84. The van der Waals surface area contributed by atoms with Gasteiger partial charge in [-0.1, -0.05) is 11.6 Å². The lowest BCUT2D eigenvalue weighted by atomic mass is 10.2. The van der Waals surface area contributed by atoms with E-state index in [1.54, 1.807) is 13.0 Å². The minimum absolute atomic E-state index is 0.175. The van der Waals surface area contributed by atoms with Crippen LogP contribution in [0.3, 0.4) is 0 Å². The first-order valence-electron chi connectivity index (χ1n) is 4.82. The van der Waals surface area contributed by atoms with Crippen LogP contribution in [0, 0.1) is 0 Å². The number of amides is 2. The number of hydrogen-bond donors (Lipinski definition) is 3. The van der Waals surface area contributed by atoms with Crippen molar-refractivity contribution in [3.63, 3.8) is 0 Å². The van der Waals surface area contributed by atoms with Crippen molar-refractivity contribution in [2.45, 2.75) is 6.92 Å². The van der Waals surface area contributed by atoms with Gasteiger partial charge in [-0.3, -0.25) is 10.2 Å². The second-order valence-electron chi connectivity index (χ2n) is 3.03. The standard InChI is InChI=1S/C10H12ClN3O3/c1-2-17-10(16)14-13-9(15)7-5-6(11)3-4-8(7)12/h3-5H,2,12H2,1H3,(H,13,15)(H,14,16). The molecule has 0 saturated carbocycles. The minimum Gasteiger partial charge on any atom is -0.449 e. The number of carbonyl (C=O) groups is 2. The molecule has 4 N–H and O–H groups in total. The van der Waals surface area contributed by atoms with Gasteiger partial charge in [0.2, 0.25) is 0 Å². The van der Waals surface area contributed by atoms with Crippen LogP contribution in [0.1, 0.15) is 17.3 Å². The molecule has 7 heteroatoms. The Labute approximate surface area is 103 Å². The zero-order valence-corrected chi connectivity index (χ0v) is 9.88. The first-order valence-corrected chi connectivity index (χ1v) is 5.20. The summed E-state index contributed by atoms with van der Waals surface area (Å²) in [4.78, 5) is 22.5. The van der Waals surface area contributed by atoms with Gasteiger partial charge in [0.05, 0.1) is 12.2 Å². The number of ether oxygens (including phenoxy) is 1. The number of rotatable bonds is 2. The van der Waals surface area contributed by atoms with Gasteiger partial charge in [0.25, 0.3) is 5.91 Å². The molecule has 92 valence electrons. The van der Waals surface area contributed by atoms with Crippen LogP contribution in [-0.4, -0.2) is 18.6 Å². The van der Waals surface area contributed by atoms with E-state index in [4.69, 9.17) is 17.3 Å². The molecule has 17 heavy (non-hydrogen) atoms. The topological polar surface area (TPSA) is 93.5 Å². The SMILES string of the molecule is CCOC(=O)NNC(=O)c1cc(Cl)ccc1N. The van der Waals surface area contributed by atoms with Crippen molar-refractivity contribution in [1.82, 2.24) is 10.9 Å². The molecule has 0 spiro atoms. The van der Waals surface area contributed by atoms with Crippen LogP contribution in [-0.2, 0) is 4.74 Å². The number of carbonyl (C=O) groups excluding carboxylic acids is 2. The molecule has 0 aliphatic carbocycles. The summed E-state index contributed by atoms with van der Waals surface area (Å²) < 4.78 is 4.56. The quantitative estimate of drug-likeness (QED) is 0.550. The molecule has 1 rings (SSSR count). The van der Waals surface area contributed by atoms with Crippen molar-refractivity contribution in [3.8, 4) is 0 Å². The summed E-state index contributed by atoms with van der Waals surface area (Å²) in [6, 6.07) is 4.47. The number of benzene rings is 1. The molecule has 0 aliphatic heterocycles. The Morgan fingerprint density at radius 2 is 2.12 bits per heavy atom. The summed E-state index contributed by atoms with van der Waals surface area (Å²) >= 11 is 5.73. The van der Waals surface area contributed by atoms with Gasteiger partial charge < -0.3 is 10.5 Å². The van der Waals surface area contributed by atoms with E-state index in [1.807, 2.05) is 0 Å². The van der Waals surface area contributed by atoms with E-state index in [0.29, 0.717) is 5.02 Å². The lowest BCUT2D eigenvalue weighted by molar-refractivity contribution is 0.0913. The smallest absolute Gasteiger partial charge is 0.426 e. The largest absolute Gasteiger partial charge is 0.449 e. The molecular formula is C10H12ClN3O3. The maximum absolute atomic E-state index is 11.6. The van der Waals surface area contributed by atoms with E-state index >= 15 is 0 Å². The monoisotopic (exact) mass is 257 g/mol. The van der Waals surface area contributed by atoms with Gasteiger partial charge >= 0.3 is 6.09 Å². The number of nitrogens with two attached hydrogens (primary N) is 1. The zero-order valence-electron chi connectivity index (χ0n) is 9.12. The van der Waals surface area contributed by atoms with Crippen LogP contribution >= 0.6 is 11.6 Å². The van der Waals surface area contributed by atoms with Crippen molar-refractivity contribution >= 4 is 29.3 Å². The van der Waals surface area contributed by atoms with Crippen molar-refractivity contribution in [2.24, 2.45) is 0 Å². The predicted octanol–water partition coefficient (Wildman–Crippen LogP) is 1.31. The van der Waals surface area contributed by atoms with Gasteiger partial charge in [0.15, 0.2) is 0 Å². The molecule has 0 atom stereocenters. The number of nitrogens with one attached hydrogen (secondary N) is 2. The third-order valence-electron chi connectivity index (χ3n) is 1.81. The highest BCUT2D eigenvalue weighted by Gasteiger charge is 2.11. The Morgan fingerprint density at radius 1 is 1.41 bits per heavy atom.